The van der Waals surface area contributed by atoms with Crippen LogP contribution in [0.4, 0.5) is 0 Å². The van der Waals surface area contributed by atoms with Crippen molar-refractivity contribution in [1.29, 1.82) is 0 Å². The van der Waals surface area contributed by atoms with Gasteiger partial charge in [0.05, 0.1) is 39.6 Å². The summed E-state index contributed by atoms with van der Waals surface area (Å²) < 4.78 is 55.7. The fourth-order valence-corrected chi connectivity index (χ4v) is 7.89. The van der Waals surface area contributed by atoms with Crippen molar-refractivity contribution < 1.29 is 129 Å². The minimum absolute atomic E-state index is 0.109. The van der Waals surface area contributed by atoms with Crippen LogP contribution in [0.1, 0.15) is 5.56 Å². The van der Waals surface area contributed by atoms with Gasteiger partial charge in [-0.15, -0.1) is 0 Å². The largest absolute Gasteiger partial charge is 0.394 e. The van der Waals surface area contributed by atoms with Crippen LogP contribution < -0.4 is 0 Å². The molecule has 5 fully saturated rings. The molecule has 1 aromatic carbocycles. The van der Waals surface area contributed by atoms with Crippen LogP contribution in [0.2, 0.25) is 0 Å². The van der Waals surface area contributed by atoms with Crippen molar-refractivity contribution in [1.82, 2.24) is 0 Å². The van der Waals surface area contributed by atoms with Gasteiger partial charge in [0.25, 0.3) is 0 Å². The van der Waals surface area contributed by atoms with Gasteiger partial charge in [0.2, 0.25) is 0 Å². The second-order valence-electron chi connectivity index (χ2n) is 15.8. The lowest BCUT2D eigenvalue weighted by Gasteiger charge is -2.49. The summed E-state index contributed by atoms with van der Waals surface area (Å²) in [6.07, 6.45) is -45.3. The van der Waals surface area contributed by atoms with Crippen molar-refractivity contribution >= 4 is 0 Å². The van der Waals surface area contributed by atoms with Crippen LogP contribution in [0.25, 0.3) is 0 Å². The Hall–Kier alpha value is -1.82. The Labute approximate surface area is 358 Å². The first-order valence-corrected chi connectivity index (χ1v) is 20.2. The third kappa shape index (κ3) is 11.0. The first-order valence-electron chi connectivity index (χ1n) is 20.2. The Morgan fingerprint density at radius 1 is 0.365 bits per heavy atom. The Kier molecular flexibility index (Phi) is 17.9. The zero-order valence-corrected chi connectivity index (χ0v) is 33.3. The van der Waals surface area contributed by atoms with E-state index in [0.29, 0.717) is 0 Å². The van der Waals surface area contributed by atoms with Gasteiger partial charge in [0, 0.05) is 0 Å². The smallest absolute Gasteiger partial charge is 0.187 e. The number of aliphatic hydroxyl groups is 16. The highest BCUT2D eigenvalue weighted by molar-refractivity contribution is 5.13. The van der Waals surface area contributed by atoms with Gasteiger partial charge in [-0.1, -0.05) is 30.3 Å². The maximum absolute atomic E-state index is 11.2. The molecule has 0 aromatic heterocycles. The topological polar surface area (TPSA) is 416 Å². The second-order valence-corrected chi connectivity index (χ2v) is 15.8. The molecule has 25 atom stereocenters. The molecule has 0 aliphatic carbocycles. The average molecular weight is 919 g/mol. The maximum atomic E-state index is 11.2. The van der Waals surface area contributed by atoms with Crippen LogP contribution in [0, 0.1) is 0 Å². The highest BCUT2D eigenvalue weighted by Gasteiger charge is 2.56. The third-order valence-corrected chi connectivity index (χ3v) is 11.5. The zero-order chi connectivity index (χ0) is 45.9. The summed E-state index contributed by atoms with van der Waals surface area (Å²) in [5.41, 5.74) is 0.794. The summed E-state index contributed by atoms with van der Waals surface area (Å²) in [5.74, 6) is 0. The molecule has 5 aliphatic rings. The van der Waals surface area contributed by atoms with E-state index in [4.69, 9.17) is 47.4 Å². The van der Waals surface area contributed by atoms with E-state index in [2.05, 4.69) is 0 Å². The van der Waals surface area contributed by atoms with Crippen LogP contribution in [-0.2, 0) is 54.0 Å². The Morgan fingerprint density at radius 3 is 1.08 bits per heavy atom. The van der Waals surface area contributed by atoms with E-state index in [0.717, 1.165) is 5.56 Å². The molecule has 5 heterocycles. The highest BCUT2D eigenvalue weighted by Crippen LogP contribution is 2.35. The van der Waals surface area contributed by atoms with Crippen LogP contribution in [0.5, 0.6) is 0 Å². The van der Waals surface area contributed by atoms with Gasteiger partial charge in [0.15, 0.2) is 31.5 Å². The summed E-state index contributed by atoms with van der Waals surface area (Å²) in [7, 11) is 0. The standard InChI is InChI=1S/C37H58O26/c38-6-13-29(20(44)24(48)33(53)55-13)60-35-26(50)22(46)31(15(8-40)56-35)62-37-28(52)23(47)32(16(9-41)58-37)63-36-27(51)21(45)30(14(7-39)57-36)61-34-25(49)19(43)18(42)17(59-34)11-54-10-12-4-2-1-3-5-12/h1-5,13-53H,6-11H2/t13-,14-,15-,16-,17-,18-,19+,20-,21-,22-,23-,24-,25-,26-,27-,28-,29-,30-,31-,32-,33+,34-,35-,36-,37-/m1/s1. The highest BCUT2D eigenvalue weighted by atomic mass is 16.8. The van der Waals surface area contributed by atoms with Crippen molar-refractivity contribution in [3.05, 3.63) is 35.9 Å². The Balaban J connectivity index is 1.06. The molecule has 63 heavy (non-hydrogen) atoms. The quantitative estimate of drug-likeness (QED) is 0.0732. The first-order chi connectivity index (χ1) is 30.0. The number of hydrogen-bond acceptors (Lipinski definition) is 26. The van der Waals surface area contributed by atoms with E-state index in [-0.39, 0.29) is 13.2 Å². The summed E-state index contributed by atoms with van der Waals surface area (Å²) >= 11 is 0. The van der Waals surface area contributed by atoms with Gasteiger partial charge in [-0.3, -0.25) is 0 Å². The molecule has 5 aliphatic heterocycles. The normalized spacial score (nSPS) is 48.5. The average Bonchev–Trinajstić information content (AvgIpc) is 3.28. The minimum Gasteiger partial charge on any atom is -0.394 e. The molecule has 6 rings (SSSR count). The lowest BCUT2D eigenvalue weighted by Crippen LogP contribution is -2.68. The molecule has 26 nitrogen and oxygen atoms in total. The molecule has 0 spiro atoms. The molecule has 0 bridgehead atoms. The van der Waals surface area contributed by atoms with E-state index in [1.54, 1.807) is 24.3 Å². The fraction of sp³-hybridized carbons (Fsp3) is 0.838. The van der Waals surface area contributed by atoms with Crippen LogP contribution in [0.15, 0.2) is 30.3 Å². The minimum atomic E-state index is -2.12. The first kappa shape index (κ1) is 50.6. The predicted octanol–water partition coefficient (Wildman–Crippen LogP) is -9.70. The van der Waals surface area contributed by atoms with E-state index < -0.39 is 180 Å². The fourth-order valence-electron chi connectivity index (χ4n) is 7.89. The molecule has 0 unspecified atom stereocenters. The van der Waals surface area contributed by atoms with Crippen molar-refractivity contribution in [2.24, 2.45) is 0 Å². The number of benzene rings is 1. The molecule has 0 radical (unpaired) electrons. The van der Waals surface area contributed by atoms with Gasteiger partial charge < -0.3 is 129 Å². The zero-order valence-electron chi connectivity index (χ0n) is 33.3. The molecule has 5 saturated heterocycles. The molecule has 16 N–H and O–H groups in total. The summed E-state index contributed by atoms with van der Waals surface area (Å²) in [6.45, 7) is -3.84. The Morgan fingerprint density at radius 2 is 0.698 bits per heavy atom. The molecular formula is C37H58O26. The van der Waals surface area contributed by atoms with Gasteiger partial charge in [0.1, 0.15) is 122 Å². The van der Waals surface area contributed by atoms with E-state index in [1.165, 1.54) is 0 Å². The van der Waals surface area contributed by atoms with Crippen molar-refractivity contribution in [3.8, 4) is 0 Å². The lowest BCUT2D eigenvalue weighted by atomic mass is 9.95. The molecule has 362 valence electrons. The third-order valence-electron chi connectivity index (χ3n) is 11.5. The van der Waals surface area contributed by atoms with Crippen LogP contribution >= 0.6 is 0 Å². The Bertz CT molecular complexity index is 1510. The molecular weight excluding hydrogens is 860 g/mol. The SMILES string of the molecule is OC[C@H]1O[C@H](O)[C@H](O)[C@@H](O)[C@@H]1O[C@H]1O[C@H](CO)[C@@H](O[C@H]2O[C@H](CO)[C@@H](O[C@H]3O[C@H](CO)[C@@H](O[C@H]4O[C@H](COCc5ccccc5)[C@@H](O)[C@H](O)[C@H]4O)[C@H](O)[C@H]3O)[C@H](O)[C@H]2O)[C@H](O)[C@H]1O. The number of rotatable bonds is 16. The van der Waals surface area contributed by atoms with E-state index >= 15 is 0 Å². The molecule has 26 heteroatoms. The second kappa shape index (κ2) is 22.3. The van der Waals surface area contributed by atoms with Crippen LogP contribution in [-0.4, -0.2) is 268 Å². The number of hydrogen-bond donors (Lipinski definition) is 16. The lowest BCUT2D eigenvalue weighted by molar-refractivity contribution is -0.393. The van der Waals surface area contributed by atoms with Gasteiger partial charge in [-0.2, -0.15) is 0 Å². The van der Waals surface area contributed by atoms with E-state index in [1.807, 2.05) is 6.07 Å². The summed E-state index contributed by atoms with van der Waals surface area (Å²) in [5, 5.41) is 169. The molecule has 1 aromatic rings. The maximum Gasteiger partial charge on any atom is 0.187 e. The van der Waals surface area contributed by atoms with Gasteiger partial charge in [-0.05, 0) is 5.56 Å². The number of ether oxygens (including phenoxy) is 10. The van der Waals surface area contributed by atoms with Gasteiger partial charge in [-0.25, -0.2) is 0 Å². The van der Waals surface area contributed by atoms with Crippen molar-refractivity contribution in [2.45, 2.75) is 160 Å². The monoisotopic (exact) mass is 918 g/mol. The summed E-state index contributed by atoms with van der Waals surface area (Å²) in [6, 6.07) is 8.97. The van der Waals surface area contributed by atoms with Crippen LogP contribution in [0.3, 0.4) is 0 Å². The molecule has 0 saturated carbocycles. The van der Waals surface area contributed by atoms with E-state index in [9.17, 15) is 81.7 Å². The van der Waals surface area contributed by atoms with Crippen molar-refractivity contribution in [2.75, 3.05) is 33.0 Å². The number of aliphatic hydroxyl groups excluding tert-OH is 16. The predicted molar refractivity (Wildman–Crippen MR) is 196 cm³/mol. The van der Waals surface area contributed by atoms with Crippen molar-refractivity contribution in [3.63, 3.8) is 0 Å². The molecule has 0 amide bonds. The summed E-state index contributed by atoms with van der Waals surface area (Å²) in [4.78, 5) is 0. The van der Waals surface area contributed by atoms with Gasteiger partial charge >= 0.3 is 0 Å².